The first-order valence-electron chi connectivity index (χ1n) is 33.5. The minimum absolute atomic E-state index is 0.00204. The van der Waals surface area contributed by atoms with Gasteiger partial charge in [0.15, 0.2) is 24.0 Å². The minimum Gasteiger partial charge on any atom is -0.507 e. The van der Waals surface area contributed by atoms with E-state index in [9.17, 15) is 48.9 Å². The van der Waals surface area contributed by atoms with Crippen LogP contribution in [0.15, 0.2) is 42.5 Å². The van der Waals surface area contributed by atoms with E-state index in [1.165, 1.54) is 90.2 Å². The molecule has 2 aromatic rings. The predicted octanol–water partition coefficient (Wildman–Crippen LogP) is 13.5. The van der Waals surface area contributed by atoms with Crippen LogP contribution in [0.1, 0.15) is 281 Å². The Labute approximate surface area is 523 Å². The number of rotatable bonds is 44. The Morgan fingerprint density at radius 3 is 1.73 bits per heavy atom. The molecule has 5 rings (SSSR count). The summed E-state index contributed by atoms with van der Waals surface area (Å²) in [5.41, 5.74) is 0.858. The van der Waals surface area contributed by atoms with E-state index in [1.54, 1.807) is 26.0 Å². The topological polar surface area (TPSA) is 248 Å². The summed E-state index contributed by atoms with van der Waals surface area (Å²) in [6.45, 7) is 6.23. The molecule has 0 radical (unpaired) electrons. The van der Waals surface area contributed by atoms with Crippen LogP contribution in [0.4, 0.5) is 0 Å². The van der Waals surface area contributed by atoms with Gasteiger partial charge in [-0.25, -0.2) is 0 Å². The number of amides is 1. The van der Waals surface area contributed by atoms with E-state index in [0.717, 1.165) is 77.0 Å². The Morgan fingerprint density at radius 2 is 1.18 bits per heavy atom. The second-order valence-corrected chi connectivity index (χ2v) is 24.4. The molecule has 0 spiro atoms. The fourth-order valence-corrected chi connectivity index (χ4v) is 12.2. The van der Waals surface area contributed by atoms with Crippen molar-refractivity contribution in [3.8, 4) is 11.5 Å². The normalized spacial score (nSPS) is 19.3. The van der Waals surface area contributed by atoms with Crippen molar-refractivity contribution in [1.29, 1.82) is 0 Å². The van der Waals surface area contributed by atoms with Gasteiger partial charge >= 0.3 is 17.9 Å². The van der Waals surface area contributed by atoms with Crippen LogP contribution in [0.5, 0.6) is 11.5 Å². The quantitative estimate of drug-likeness (QED) is 0.0178. The zero-order valence-electron chi connectivity index (χ0n) is 53.7. The number of aromatic hydroxyl groups is 1. The number of benzene rings is 2. The first kappa shape index (κ1) is 73.0. The van der Waals surface area contributed by atoms with Gasteiger partial charge in [-0.1, -0.05) is 153 Å². The van der Waals surface area contributed by atoms with Gasteiger partial charge < -0.3 is 49.1 Å². The van der Waals surface area contributed by atoms with E-state index in [0.29, 0.717) is 24.0 Å². The second kappa shape index (κ2) is 40.8. The molecule has 2 aromatic carbocycles. The van der Waals surface area contributed by atoms with Gasteiger partial charge in [-0.2, -0.15) is 0 Å². The molecule has 490 valence electrons. The number of Topliss-reactive ketones (excluding diaryl/α,β-unsaturated/α-hetero) is 1. The zero-order chi connectivity index (χ0) is 63.6. The maximum Gasteiger partial charge on any atom is 0.306 e. The number of aliphatic hydroxyl groups excluding tert-OH is 2. The van der Waals surface area contributed by atoms with Gasteiger partial charge in [0.1, 0.15) is 37.4 Å². The van der Waals surface area contributed by atoms with Crippen LogP contribution in [0, 0.1) is 12.8 Å². The predicted molar refractivity (Wildman–Crippen MR) is 337 cm³/mol. The molecule has 1 saturated heterocycles. The lowest BCUT2D eigenvalue weighted by molar-refractivity contribution is -0.245. The summed E-state index contributed by atoms with van der Waals surface area (Å²) in [5.74, 6) is -5.05. The maximum absolute atomic E-state index is 14.2. The van der Waals surface area contributed by atoms with Crippen molar-refractivity contribution in [1.82, 2.24) is 5.32 Å². The summed E-state index contributed by atoms with van der Waals surface area (Å²) in [5, 5.41) is 36.0. The molecule has 1 heterocycles. The maximum atomic E-state index is 14.2. The number of carbonyl (C=O) groups excluding carboxylic acids is 7. The molecule has 1 amide bonds. The van der Waals surface area contributed by atoms with Crippen molar-refractivity contribution in [3.63, 3.8) is 0 Å². The number of hydrogen-bond acceptors (Lipinski definition) is 16. The molecule has 17 heteroatoms. The van der Waals surface area contributed by atoms with Gasteiger partial charge in [0.05, 0.1) is 42.9 Å². The average molecular weight is 1230 g/mol. The highest BCUT2D eigenvalue weighted by molar-refractivity contribution is 6.31. The first-order chi connectivity index (χ1) is 42.6. The highest BCUT2D eigenvalue weighted by Crippen LogP contribution is 2.49. The number of phenols is 1. The molecule has 0 aromatic heterocycles. The number of fused-ring (bicyclic) bond motifs is 3. The number of aliphatic hydroxyl groups is 2. The second-order valence-electron chi connectivity index (χ2n) is 24.4. The molecule has 0 bridgehead atoms. The van der Waals surface area contributed by atoms with E-state index in [4.69, 9.17) is 28.4 Å². The fraction of sp³-hybridized carbons (Fsp3) is 0.676. The molecule has 1 fully saturated rings. The molecule has 7 atom stereocenters. The number of carbonyl (C=O) groups is 7. The SMILES string of the molecule is CCCCCCCCC=CCCCCCCCC(=O)OCC(COC(=O)CCC(=O)NC1CC(OC2CC(C(=O)CO)Cc3c(C)c4c(c(O)c32)C(=O)c2c(OC)cccc2C4=O)OC(C)C1O)OC(=O)CCCCCCCC=CCCCCCCCC. The highest BCUT2D eigenvalue weighted by atomic mass is 16.7. The smallest absolute Gasteiger partial charge is 0.306 e. The monoisotopic (exact) mass is 1230 g/mol. The number of phenolic OH excluding ortho intramolecular Hbond substituents is 1. The Bertz CT molecular complexity index is 2590. The molecule has 4 N–H and O–H groups in total. The summed E-state index contributed by atoms with van der Waals surface area (Å²) < 4.78 is 34.8. The molecule has 1 aliphatic heterocycles. The van der Waals surface area contributed by atoms with Crippen LogP contribution in [-0.2, 0) is 54.1 Å². The van der Waals surface area contributed by atoms with Crippen molar-refractivity contribution in [2.24, 2.45) is 5.92 Å². The van der Waals surface area contributed by atoms with E-state index in [-0.39, 0.29) is 85.1 Å². The van der Waals surface area contributed by atoms with Gasteiger partial charge in [-0.3, -0.25) is 33.6 Å². The first-order valence-corrected chi connectivity index (χ1v) is 33.5. The van der Waals surface area contributed by atoms with Gasteiger partial charge in [0, 0.05) is 48.3 Å². The van der Waals surface area contributed by atoms with Gasteiger partial charge in [0.25, 0.3) is 0 Å². The van der Waals surface area contributed by atoms with Crippen LogP contribution < -0.4 is 10.1 Å². The Balaban J connectivity index is 1.11. The molecule has 88 heavy (non-hydrogen) atoms. The summed E-state index contributed by atoms with van der Waals surface area (Å²) >= 11 is 0. The van der Waals surface area contributed by atoms with E-state index in [1.807, 2.05) is 0 Å². The standard InChI is InChI=1S/C71H105NO16/c1-6-8-10-12-14-16-18-20-22-24-26-28-30-32-34-39-60(76)84-47-52(87-62(78)40-35-33-31-29-27-25-23-21-19-17-15-13-11-9-7-2)48-85-61(77)42-41-59(75)72-55-45-63(86-50(4)68(55)79)88-58-44-51(56(74)46-73)43-54-49(3)64-67(71(82)66(54)58)70(81)65-53(69(64)80)37-36-38-57(65)83-5/h20-23,36-38,50-52,55,58,63,68,73,79,82H,6-19,24-35,39-48H2,1-5H3,(H,72,75). The zero-order valence-corrected chi connectivity index (χ0v) is 53.7. The van der Waals surface area contributed by atoms with Crippen molar-refractivity contribution in [2.75, 3.05) is 26.9 Å². The van der Waals surface area contributed by atoms with E-state index in [2.05, 4.69) is 43.5 Å². The third-order valence-corrected chi connectivity index (χ3v) is 17.3. The minimum atomic E-state index is -1.22. The van der Waals surface area contributed by atoms with Crippen molar-refractivity contribution in [2.45, 2.75) is 276 Å². The Kier molecular flexibility index (Phi) is 33.8. The van der Waals surface area contributed by atoms with E-state index < -0.39 is 103 Å². The number of ether oxygens (including phenoxy) is 6. The molecular weight excluding hydrogens is 1120 g/mol. The molecule has 7 unspecified atom stereocenters. The number of hydrogen-bond donors (Lipinski definition) is 4. The summed E-state index contributed by atoms with van der Waals surface area (Å²) in [6, 6.07) is 3.70. The van der Waals surface area contributed by atoms with Crippen LogP contribution in [0.25, 0.3) is 0 Å². The summed E-state index contributed by atoms with van der Waals surface area (Å²) in [6.07, 6.45) is 32.6. The van der Waals surface area contributed by atoms with Crippen molar-refractivity contribution in [3.05, 3.63) is 81.4 Å². The fourth-order valence-electron chi connectivity index (χ4n) is 12.2. The number of allylic oxidation sites excluding steroid dienone is 4. The molecular formula is C71H105NO16. The number of nitrogens with one attached hydrogen (secondary N) is 1. The lowest BCUT2D eigenvalue weighted by atomic mass is 9.72. The molecule has 0 saturated carbocycles. The van der Waals surface area contributed by atoms with Crippen LogP contribution >= 0.6 is 0 Å². The lowest BCUT2D eigenvalue weighted by Crippen LogP contribution is -2.55. The molecule has 3 aliphatic rings. The lowest BCUT2D eigenvalue weighted by Gasteiger charge is -2.41. The van der Waals surface area contributed by atoms with Crippen molar-refractivity contribution < 1.29 is 77.3 Å². The third kappa shape index (κ3) is 23.9. The van der Waals surface area contributed by atoms with Crippen LogP contribution in [-0.4, -0.2) is 114 Å². The van der Waals surface area contributed by atoms with Crippen molar-refractivity contribution >= 4 is 41.2 Å². The number of unbranched alkanes of at least 4 members (excludes halogenated alkanes) is 22. The van der Waals surface area contributed by atoms with Gasteiger partial charge in [-0.05, 0) is 108 Å². The average Bonchev–Trinajstić information content (AvgIpc) is 1.11. The van der Waals surface area contributed by atoms with Gasteiger partial charge in [-0.15, -0.1) is 0 Å². The molecule has 17 nitrogen and oxygen atoms in total. The highest BCUT2D eigenvalue weighted by Gasteiger charge is 2.45. The van der Waals surface area contributed by atoms with Crippen LogP contribution in [0.3, 0.4) is 0 Å². The number of esters is 3. The number of ketones is 3. The summed E-state index contributed by atoms with van der Waals surface area (Å²) in [4.78, 5) is 94.0. The Morgan fingerprint density at radius 1 is 0.659 bits per heavy atom. The Hall–Kier alpha value is -5.75. The van der Waals surface area contributed by atoms with Crippen LogP contribution in [0.2, 0.25) is 0 Å². The number of methoxy groups -OCH3 is 1. The van der Waals surface area contributed by atoms with Gasteiger partial charge in [0.2, 0.25) is 11.7 Å². The largest absolute Gasteiger partial charge is 0.507 e. The third-order valence-electron chi connectivity index (χ3n) is 17.3. The van der Waals surface area contributed by atoms with E-state index >= 15 is 0 Å². The summed E-state index contributed by atoms with van der Waals surface area (Å²) in [7, 11) is 1.37. The molecule has 2 aliphatic carbocycles.